The molecule has 0 aliphatic carbocycles. The van der Waals surface area contributed by atoms with Crippen molar-refractivity contribution >= 4 is 67.8 Å². The number of rotatable bonds is 6. The van der Waals surface area contributed by atoms with Gasteiger partial charge >= 0.3 is 0 Å². The quantitative estimate of drug-likeness (QED) is 0.194. The third-order valence-electron chi connectivity index (χ3n) is 4.06. The molecule has 0 fully saturated rings. The summed E-state index contributed by atoms with van der Waals surface area (Å²) in [4.78, 5) is 12.5. The van der Waals surface area contributed by atoms with E-state index in [9.17, 15) is 10.1 Å². The van der Waals surface area contributed by atoms with Gasteiger partial charge in [0, 0.05) is 8.59 Å². The van der Waals surface area contributed by atoms with Crippen LogP contribution >= 0.6 is 50.1 Å². The monoisotopic (exact) mass is 592 g/mol. The second kappa shape index (κ2) is 10.6. The number of halogens is 3. The fraction of sp³-hybridized carbons (Fsp3) is 0.0435. The van der Waals surface area contributed by atoms with Crippen LogP contribution < -0.4 is 10.1 Å². The maximum Gasteiger partial charge on any atom is 0.266 e. The second-order valence-electron chi connectivity index (χ2n) is 6.21. The van der Waals surface area contributed by atoms with Gasteiger partial charge in [0.2, 0.25) is 0 Å². The first kappa shape index (κ1) is 22.3. The number of para-hydroxylation sites is 1. The maximum absolute atomic E-state index is 12.5. The Bertz CT molecular complexity index is 1140. The molecule has 0 radical (unpaired) electrons. The lowest BCUT2D eigenvalue weighted by Crippen LogP contribution is -2.14. The minimum absolute atomic E-state index is 0.0105. The summed E-state index contributed by atoms with van der Waals surface area (Å²) in [5.74, 6) is 0.199. The minimum atomic E-state index is -0.458. The van der Waals surface area contributed by atoms with E-state index < -0.39 is 5.91 Å². The van der Waals surface area contributed by atoms with Crippen LogP contribution in [0, 0.1) is 14.9 Å². The average molecular weight is 594 g/mol. The lowest BCUT2D eigenvalue weighted by atomic mass is 10.1. The van der Waals surface area contributed by atoms with E-state index in [0.717, 1.165) is 13.6 Å². The SMILES string of the molecule is N#C/C(=C\c1ccc(OCc2ccc(Cl)cc2)c(Br)c1)C(=O)Nc1ccccc1I. The van der Waals surface area contributed by atoms with Crippen molar-refractivity contribution in [1.29, 1.82) is 5.26 Å². The maximum atomic E-state index is 12.5. The molecule has 0 saturated carbocycles. The van der Waals surface area contributed by atoms with Gasteiger partial charge in [-0.05, 0) is 92.1 Å². The Morgan fingerprint density at radius 1 is 1.17 bits per heavy atom. The molecule has 0 unspecified atom stereocenters. The van der Waals surface area contributed by atoms with Gasteiger partial charge in [-0.3, -0.25) is 4.79 Å². The molecule has 0 aromatic heterocycles. The number of ether oxygens (including phenoxy) is 1. The molecule has 0 saturated heterocycles. The van der Waals surface area contributed by atoms with Crippen molar-refractivity contribution in [3.63, 3.8) is 0 Å². The number of hydrogen-bond donors (Lipinski definition) is 1. The third kappa shape index (κ3) is 6.08. The molecule has 0 atom stereocenters. The van der Waals surface area contributed by atoms with Gasteiger partial charge in [-0.25, -0.2) is 0 Å². The predicted octanol–water partition coefficient (Wildman–Crippen LogP) is 6.83. The van der Waals surface area contributed by atoms with Gasteiger partial charge in [-0.1, -0.05) is 41.9 Å². The highest BCUT2D eigenvalue weighted by Gasteiger charge is 2.12. The normalized spacial score (nSPS) is 10.9. The molecule has 3 aromatic carbocycles. The average Bonchev–Trinajstić information content (AvgIpc) is 2.74. The van der Waals surface area contributed by atoms with Crippen LogP contribution in [0.3, 0.4) is 0 Å². The lowest BCUT2D eigenvalue weighted by molar-refractivity contribution is -0.112. The van der Waals surface area contributed by atoms with Gasteiger partial charge in [0.25, 0.3) is 5.91 Å². The highest BCUT2D eigenvalue weighted by molar-refractivity contribution is 14.1. The Balaban J connectivity index is 1.71. The largest absolute Gasteiger partial charge is 0.488 e. The number of nitrogens with zero attached hydrogens (tertiary/aromatic N) is 1. The van der Waals surface area contributed by atoms with E-state index in [1.807, 2.05) is 48.5 Å². The molecule has 1 amide bonds. The van der Waals surface area contributed by atoms with Crippen LogP contribution in [0.25, 0.3) is 6.08 Å². The summed E-state index contributed by atoms with van der Waals surface area (Å²) >= 11 is 11.5. The number of carbonyl (C=O) groups is 1. The van der Waals surface area contributed by atoms with Crippen molar-refractivity contribution in [1.82, 2.24) is 0 Å². The topological polar surface area (TPSA) is 62.1 Å². The van der Waals surface area contributed by atoms with Crippen molar-refractivity contribution < 1.29 is 9.53 Å². The summed E-state index contributed by atoms with van der Waals surface area (Å²) in [5, 5.41) is 12.9. The van der Waals surface area contributed by atoms with E-state index in [1.165, 1.54) is 0 Å². The van der Waals surface area contributed by atoms with E-state index in [-0.39, 0.29) is 5.57 Å². The van der Waals surface area contributed by atoms with Crippen LogP contribution in [0.4, 0.5) is 5.69 Å². The van der Waals surface area contributed by atoms with Crippen molar-refractivity contribution in [3.05, 3.63) is 96.5 Å². The highest BCUT2D eigenvalue weighted by Crippen LogP contribution is 2.28. The number of hydrogen-bond acceptors (Lipinski definition) is 3. The van der Waals surface area contributed by atoms with Crippen molar-refractivity contribution in [2.45, 2.75) is 6.61 Å². The molecule has 3 aromatic rings. The van der Waals surface area contributed by atoms with Gasteiger partial charge in [0.1, 0.15) is 24.0 Å². The molecule has 0 heterocycles. The van der Waals surface area contributed by atoms with Crippen molar-refractivity contribution in [3.8, 4) is 11.8 Å². The number of nitrogens with one attached hydrogen (secondary N) is 1. The predicted molar refractivity (Wildman–Crippen MR) is 131 cm³/mol. The van der Waals surface area contributed by atoms with E-state index in [0.29, 0.717) is 28.6 Å². The standard InChI is InChI=1S/C23H15BrClIN2O2/c24-19-12-16(7-10-22(19)30-14-15-5-8-18(25)9-6-15)11-17(13-27)23(29)28-21-4-2-1-3-20(21)26/h1-12H,14H2,(H,28,29)/b17-11+. The Labute approximate surface area is 201 Å². The van der Waals surface area contributed by atoms with E-state index in [2.05, 4.69) is 43.8 Å². The molecule has 0 aliphatic rings. The molecule has 0 aliphatic heterocycles. The Morgan fingerprint density at radius 3 is 2.57 bits per heavy atom. The second-order valence-corrected chi connectivity index (χ2v) is 8.66. The zero-order valence-electron chi connectivity index (χ0n) is 15.5. The molecule has 4 nitrogen and oxygen atoms in total. The third-order valence-corrected chi connectivity index (χ3v) is 5.87. The van der Waals surface area contributed by atoms with Crippen LogP contribution in [0.5, 0.6) is 5.75 Å². The fourth-order valence-electron chi connectivity index (χ4n) is 2.53. The minimum Gasteiger partial charge on any atom is -0.488 e. The van der Waals surface area contributed by atoms with Crippen molar-refractivity contribution in [2.75, 3.05) is 5.32 Å². The Kier molecular flexibility index (Phi) is 7.91. The van der Waals surface area contributed by atoms with E-state index >= 15 is 0 Å². The van der Waals surface area contributed by atoms with Gasteiger partial charge < -0.3 is 10.1 Å². The Hall–Kier alpha value is -2.34. The van der Waals surface area contributed by atoms with Gasteiger partial charge in [0.05, 0.1) is 10.2 Å². The van der Waals surface area contributed by atoms with Gasteiger partial charge in [-0.15, -0.1) is 0 Å². The van der Waals surface area contributed by atoms with Crippen molar-refractivity contribution in [2.24, 2.45) is 0 Å². The molecule has 1 N–H and O–H groups in total. The number of anilines is 1. The van der Waals surface area contributed by atoms with Crippen LogP contribution in [-0.4, -0.2) is 5.91 Å². The number of amides is 1. The van der Waals surface area contributed by atoms with Crippen LogP contribution in [0.15, 0.2) is 76.8 Å². The molecule has 7 heteroatoms. The summed E-state index contributed by atoms with van der Waals surface area (Å²) in [7, 11) is 0. The van der Waals surface area contributed by atoms with E-state index in [1.54, 1.807) is 30.3 Å². The zero-order valence-corrected chi connectivity index (χ0v) is 20.0. The van der Waals surface area contributed by atoms with Gasteiger partial charge in [0.15, 0.2) is 0 Å². The summed E-state index contributed by atoms with van der Waals surface area (Å²) < 4.78 is 7.45. The first-order valence-corrected chi connectivity index (χ1v) is 11.1. The lowest BCUT2D eigenvalue weighted by Gasteiger charge is -2.10. The molecular formula is C23H15BrClIN2O2. The first-order valence-electron chi connectivity index (χ1n) is 8.81. The zero-order chi connectivity index (χ0) is 21.5. The molecule has 30 heavy (non-hydrogen) atoms. The van der Waals surface area contributed by atoms with Crippen LogP contribution in [0.2, 0.25) is 5.02 Å². The first-order chi connectivity index (χ1) is 14.5. The summed E-state index contributed by atoms with van der Waals surface area (Å²) in [6.07, 6.45) is 1.54. The van der Waals surface area contributed by atoms with E-state index in [4.69, 9.17) is 16.3 Å². The summed E-state index contributed by atoms with van der Waals surface area (Å²) in [6, 6.07) is 22.2. The molecule has 0 bridgehead atoms. The summed E-state index contributed by atoms with van der Waals surface area (Å²) in [6.45, 7) is 0.395. The van der Waals surface area contributed by atoms with Crippen LogP contribution in [0.1, 0.15) is 11.1 Å². The summed E-state index contributed by atoms with van der Waals surface area (Å²) in [5.41, 5.74) is 2.37. The van der Waals surface area contributed by atoms with Crippen LogP contribution in [-0.2, 0) is 11.4 Å². The highest BCUT2D eigenvalue weighted by atomic mass is 127. The van der Waals surface area contributed by atoms with Gasteiger partial charge in [-0.2, -0.15) is 5.26 Å². The Morgan fingerprint density at radius 2 is 1.90 bits per heavy atom. The number of carbonyl (C=O) groups excluding carboxylic acids is 1. The molecule has 3 rings (SSSR count). The molecule has 150 valence electrons. The molecular weight excluding hydrogens is 579 g/mol. The number of benzene rings is 3. The fourth-order valence-corrected chi connectivity index (χ4v) is 3.69. The molecule has 0 spiro atoms. The number of nitriles is 1. The smallest absolute Gasteiger partial charge is 0.266 e.